The third kappa shape index (κ3) is 2.20. The van der Waals surface area contributed by atoms with E-state index in [1.807, 2.05) is 0 Å². The van der Waals surface area contributed by atoms with Gasteiger partial charge in [0.2, 0.25) is 0 Å². The van der Waals surface area contributed by atoms with Crippen molar-refractivity contribution in [2.45, 2.75) is 6.18 Å². The quantitative estimate of drug-likeness (QED) is 0.739. The van der Waals surface area contributed by atoms with Gasteiger partial charge in [-0.25, -0.2) is 4.98 Å². The summed E-state index contributed by atoms with van der Waals surface area (Å²) in [4.78, 5) is 3.87. The van der Waals surface area contributed by atoms with Gasteiger partial charge in [-0.2, -0.15) is 13.2 Å². The van der Waals surface area contributed by atoms with Crippen LogP contribution in [0.15, 0.2) is 29.8 Å². The van der Waals surface area contributed by atoms with Gasteiger partial charge in [0.25, 0.3) is 0 Å². The Morgan fingerprint density at radius 2 is 2.00 bits per heavy atom. The average molecular weight is 264 g/mol. The molecule has 0 aliphatic carbocycles. The van der Waals surface area contributed by atoms with E-state index in [9.17, 15) is 13.2 Å². The molecule has 2 aromatic rings. The molecule has 0 radical (unpaired) electrons. The van der Waals surface area contributed by atoms with Crippen LogP contribution in [-0.2, 0) is 6.18 Å². The zero-order valence-electron chi connectivity index (χ0n) is 7.75. The van der Waals surface area contributed by atoms with E-state index in [1.165, 1.54) is 18.3 Å². The summed E-state index contributed by atoms with van der Waals surface area (Å²) in [5.41, 5.74) is -0.693. The predicted octanol–water partition coefficient (Wildman–Crippen LogP) is 4.48. The van der Waals surface area contributed by atoms with Crippen LogP contribution in [0.2, 0.25) is 5.02 Å². The van der Waals surface area contributed by atoms with Crippen LogP contribution in [0.25, 0.3) is 10.6 Å². The first-order chi connectivity index (χ1) is 7.48. The van der Waals surface area contributed by atoms with Crippen LogP contribution in [0.4, 0.5) is 13.2 Å². The van der Waals surface area contributed by atoms with E-state index in [0.717, 1.165) is 17.4 Å². The molecular formula is C10H5ClF3NS. The van der Waals surface area contributed by atoms with E-state index in [1.54, 1.807) is 5.38 Å². The molecule has 84 valence electrons. The molecule has 0 aliphatic rings. The second-order valence-electron chi connectivity index (χ2n) is 3.02. The lowest BCUT2D eigenvalue weighted by Gasteiger charge is -2.11. The summed E-state index contributed by atoms with van der Waals surface area (Å²) in [5.74, 6) is 0. The molecule has 6 heteroatoms. The Kier molecular flexibility index (Phi) is 2.90. The lowest BCUT2D eigenvalue weighted by atomic mass is 10.1. The van der Waals surface area contributed by atoms with Gasteiger partial charge in [-0.1, -0.05) is 11.6 Å². The van der Waals surface area contributed by atoms with Crippen molar-refractivity contribution in [3.63, 3.8) is 0 Å². The van der Waals surface area contributed by atoms with Crippen molar-refractivity contribution in [3.05, 3.63) is 40.4 Å². The van der Waals surface area contributed by atoms with Crippen molar-refractivity contribution in [1.82, 2.24) is 4.98 Å². The van der Waals surface area contributed by atoms with Gasteiger partial charge in [0.15, 0.2) is 0 Å². The van der Waals surface area contributed by atoms with Crippen LogP contribution < -0.4 is 0 Å². The molecule has 1 nitrogen and oxygen atoms in total. The third-order valence-electron chi connectivity index (χ3n) is 1.95. The minimum absolute atomic E-state index is 0.0619. The summed E-state index contributed by atoms with van der Waals surface area (Å²) in [7, 11) is 0. The number of hydrogen-bond acceptors (Lipinski definition) is 2. The Bertz CT molecular complexity index is 493. The van der Waals surface area contributed by atoms with Gasteiger partial charge in [0, 0.05) is 22.2 Å². The van der Waals surface area contributed by atoms with Crippen LogP contribution in [0, 0.1) is 0 Å². The number of benzene rings is 1. The molecule has 0 bridgehead atoms. The summed E-state index contributed by atoms with van der Waals surface area (Å²) >= 11 is 6.73. The van der Waals surface area contributed by atoms with Gasteiger partial charge < -0.3 is 0 Å². The molecule has 0 atom stereocenters. The fraction of sp³-hybridized carbons (Fsp3) is 0.100. The molecule has 0 unspecified atom stereocenters. The molecule has 16 heavy (non-hydrogen) atoms. The fourth-order valence-corrected chi connectivity index (χ4v) is 2.14. The van der Waals surface area contributed by atoms with E-state index >= 15 is 0 Å². The van der Waals surface area contributed by atoms with Crippen molar-refractivity contribution in [2.24, 2.45) is 0 Å². The minimum atomic E-state index is -4.42. The van der Waals surface area contributed by atoms with Gasteiger partial charge in [0.1, 0.15) is 5.01 Å². The van der Waals surface area contributed by atoms with Crippen molar-refractivity contribution >= 4 is 22.9 Å². The first-order valence-corrected chi connectivity index (χ1v) is 5.51. The number of rotatable bonds is 1. The largest absolute Gasteiger partial charge is 0.417 e. The fourth-order valence-electron chi connectivity index (χ4n) is 1.29. The van der Waals surface area contributed by atoms with Crippen molar-refractivity contribution in [2.75, 3.05) is 0 Å². The van der Waals surface area contributed by atoms with E-state index in [0.29, 0.717) is 5.01 Å². The van der Waals surface area contributed by atoms with Gasteiger partial charge in [-0.15, -0.1) is 11.3 Å². The lowest BCUT2D eigenvalue weighted by molar-refractivity contribution is -0.137. The molecule has 1 aromatic heterocycles. The third-order valence-corrected chi connectivity index (χ3v) is 2.99. The Balaban J connectivity index is 2.62. The highest BCUT2D eigenvalue weighted by atomic mass is 35.5. The highest BCUT2D eigenvalue weighted by Crippen LogP contribution is 2.38. The predicted molar refractivity (Wildman–Crippen MR) is 57.6 cm³/mol. The second-order valence-corrected chi connectivity index (χ2v) is 4.36. The summed E-state index contributed by atoms with van der Waals surface area (Å²) in [5, 5.41) is 2.03. The normalized spacial score (nSPS) is 11.8. The molecular weight excluding hydrogens is 259 g/mol. The van der Waals surface area contributed by atoms with Gasteiger partial charge >= 0.3 is 6.18 Å². The standard InChI is InChI=1S/C10H5ClF3NS/c11-6-1-2-7(9-15-3-4-16-9)8(5-6)10(12,13)14/h1-5H. The number of nitrogens with zero attached hydrogens (tertiary/aromatic N) is 1. The smallest absolute Gasteiger partial charge is 0.245 e. The zero-order valence-corrected chi connectivity index (χ0v) is 9.33. The van der Waals surface area contributed by atoms with E-state index in [4.69, 9.17) is 11.6 Å². The maximum Gasteiger partial charge on any atom is 0.417 e. The lowest BCUT2D eigenvalue weighted by Crippen LogP contribution is -2.07. The van der Waals surface area contributed by atoms with E-state index < -0.39 is 11.7 Å². The number of alkyl halides is 3. The van der Waals surface area contributed by atoms with Crippen LogP contribution in [0.1, 0.15) is 5.56 Å². The Labute approximate surface area is 98.5 Å². The second kappa shape index (κ2) is 4.07. The highest BCUT2D eigenvalue weighted by molar-refractivity contribution is 7.13. The Morgan fingerprint density at radius 3 is 2.56 bits per heavy atom. The van der Waals surface area contributed by atoms with E-state index in [-0.39, 0.29) is 10.6 Å². The van der Waals surface area contributed by atoms with Crippen LogP contribution >= 0.6 is 22.9 Å². The van der Waals surface area contributed by atoms with Crippen LogP contribution in [0.3, 0.4) is 0 Å². The van der Waals surface area contributed by atoms with Crippen molar-refractivity contribution < 1.29 is 13.2 Å². The molecule has 0 saturated heterocycles. The summed E-state index contributed by atoms with van der Waals surface area (Å²) in [6, 6.07) is 3.68. The molecule has 1 heterocycles. The topological polar surface area (TPSA) is 12.9 Å². The molecule has 0 fully saturated rings. The maximum atomic E-state index is 12.7. The zero-order chi connectivity index (χ0) is 11.8. The number of thiazole rings is 1. The average Bonchev–Trinajstić information content (AvgIpc) is 2.69. The van der Waals surface area contributed by atoms with Gasteiger partial charge in [-0.3, -0.25) is 0 Å². The van der Waals surface area contributed by atoms with Crippen LogP contribution in [0.5, 0.6) is 0 Å². The summed E-state index contributed by atoms with van der Waals surface area (Å²) < 4.78 is 38.2. The van der Waals surface area contributed by atoms with E-state index in [2.05, 4.69) is 4.98 Å². The molecule has 0 N–H and O–H groups in total. The van der Waals surface area contributed by atoms with Gasteiger partial charge in [0.05, 0.1) is 5.56 Å². The Hall–Kier alpha value is -1.07. The number of halogens is 4. The number of aromatic nitrogens is 1. The maximum absolute atomic E-state index is 12.7. The minimum Gasteiger partial charge on any atom is -0.245 e. The first kappa shape index (κ1) is 11.4. The SMILES string of the molecule is FC(F)(F)c1cc(Cl)ccc1-c1nccs1. The summed E-state index contributed by atoms with van der Waals surface area (Å²) in [6.45, 7) is 0. The van der Waals surface area contributed by atoms with Crippen LogP contribution in [-0.4, -0.2) is 4.98 Å². The summed E-state index contributed by atoms with van der Waals surface area (Å²) in [6.07, 6.45) is -2.96. The number of hydrogen-bond donors (Lipinski definition) is 0. The molecule has 1 aromatic carbocycles. The molecule has 0 spiro atoms. The molecule has 0 saturated carbocycles. The highest BCUT2D eigenvalue weighted by Gasteiger charge is 2.34. The molecule has 2 rings (SSSR count). The molecule has 0 amide bonds. The van der Waals surface area contributed by atoms with Crippen molar-refractivity contribution in [1.29, 1.82) is 0 Å². The monoisotopic (exact) mass is 263 g/mol. The van der Waals surface area contributed by atoms with Crippen molar-refractivity contribution in [3.8, 4) is 10.6 Å². The Morgan fingerprint density at radius 1 is 1.25 bits per heavy atom. The molecule has 0 aliphatic heterocycles. The first-order valence-electron chi connectivity index (χ1n) is 4.25. The van der Waals surface area contributed by atoms with Gasteiger partial charge in [-0.05, 0) is 18.2 Å².